The number of nitrogens with zero attached hydrogens (tertiary/aromatic N) is 1. The average Bonchev–Trinajstić information content (AvgIpc) is 3.17. The Morgan fingerprint density at radius 1 is 1.04 bits per heavy atom. The molecule has 2 amide bonds. The number of hydrogen-bond donors (Lipinski definition) is 2. The van der Waals surface area contributed by atoms with Crippen molar-refractivity contribution >= 4 is 39.1 Å². The Morgan fingerprint density at radius 3 is 2.57 bits per heavy atom. The molecule has 2 N–H and O–H groups in total. The predicted octanol–water partition coefficient (Wildman–Crippen LogP) is 3.95. The molecule has 0 spiro atoms. The molecule has 2 aromatic carbocycles. The van der Waals surface area contributed by atoms with Gasteiger partial charge in [0.2, 0.25) is 0 Å². The number of halogens is 2. The molecule has 1 aromatic heterocycles. The zero-order chi connectivity index (χ0) is 19.9. The quantitative estimate of drug-likeness (QED) is 0.559. The van der Waals surface area contributed by atoms with Crippen LogP contribution in [0.3, 0.4) is 0 Å². The highest BCUT2D eigenvalue weighted by Crippen LogP contribution is 2.16. The number of nitrogens with one attached hydrogen (secondary N) is 2. The van der Waals surface area contributed by atoms with Crippen LogP contribution in [-0.2, 0) is 13.0 Å². The van der Waals surface area contributed by atoms with Crippen LogP contribution in [0.2, 0.25) is 0 Å². The van der Waals surface area contributed by atoms with Crippen LogP contribution in [-0.4, -0.2) is 23.3 Å². The molecule has 28 heavy (non-hydrogen) atoms. The van der Waals surface area contributed by atoms with E-state index < -0.39 is 0 Å². The number of aromatic nitrogens is 1. The summed E-state index contributed by atoms with van der Waals surface area (Å²) < 4.78 is 14.3. The van der Waals surface area contributed by atoms with Crippen molar-refractivity contribution in [3.8, 4) is 0 Å². The van der Waals surface area contributed by atoms with Crippen molar-refractivity contribution in [2.24, 2.45) is 0 Å². The summed E-state index contributed by atoms with van der Waals surface area (Å²) in [7, 11) is 0. The van der Waals surface area contributed by atoms with Crippen molar-refractivity contribution in [2.45, 2.75) is 13.0 Å². The summed E-state index contributed by atoms with van der Waals surface area (Å²) in [6, 6.07) is 13.6. The summed E-state index contributed by atoms with van der Waals surface area (Å²) in [6.45, 7) is 0.540. The summed E-state index contributed by atoms with van der Waals surface area (Å²) >= 11 is 4.63. The highest BCUT2D eigenvalue weighted by molar-refractivity contribution is 9.10. The van der Waals surface area contributed by atoms with E-state index in [2.05, 4.69) is 31.5 Å². The molecule has 3 aromatic rings. The monoisotopic (exact) mass is 461 g/mol. The fourth-order valence-electron chi connectivity index (χ4n) is 2.50. The van der Waals surface area contributed by atoms with Gasteiger partial charge in [0.25, 0.3) is 11.8 Å². The molecule has 0 saturated heterocycles. The molecule has 5 nitrogen and oxygen atoms in total. The number of hydrogen-bond acceptors (Lipinski definition) is 4. The van der Waals surface area contributed by atoms with E-state index in [1.807, 2.05) is 6.07 Å². The smallest absolute Gasteiger partial charge is 0.270 e. The maximum absolute atomic E-state index is 13.6. The standard InChI is InChI=1S/C20H17BrFN3O2S/c21-15-7-3-2-6-14(15)19(26)24-11-18-25-17(12-28-18)20(27)23-10-9-13-5-1-4-8-16(13)22/h1-8,12H,9-11H2,(H,23,27)(H,24,26). The third-order valence-electron chi connectivity index (χ3n) is 3.94. The summed E-state index contributed by atoms with van der Waals surface area (Å²) in [4.78, 5) is 28.6. The summed E-state index contributed by atoms with van der Waals surface area (Å²) in [6.07, 6.45) is 0.400. The Bertz CT molecular complexity index is 993. The minimum absolute atomic E-state index is 0.224. The fourth-order valence-corrected chi connectivity index (χ4v) is 3.67. The van der Waals surface area contributed by atoms with Crippen molar-refractivity contribution in [1.82, 2.24) is 15.6 Å². The summed E-state index contributed by atoms with van der Waals surface area (Å²) in [5, 5.41) is 7.78. The SMILES string of the molecule is O=C(NCCc1ccccc1F)c1csc(CNC(=O)c2ccccc2Br)n1. The molecule has 0 aliphatic carbocycles. The molecular formula is C20H17BrFN3O2S. The number of carbonyl (C=O) groups excluding carboxylic acids is 2. The van der Waals surface area contributed by atoms with Gasteiger partial charge in [-0.3, -0.25) is 9.59 Å². The van der Waals surface area contributed by atoms with E-state index in [0.717, 1.165) is 0 Å². The molecule has 0 saturated carbocycles. The van der Waals surface area contributed by atoms with E-state index in [1.165, 1.54) is 17.4 Å². The van der Waals surface area contributed by atoms with Gasteiger partial charge in [-0.1, -0.05) is 30.3 Å². The van der Waals surface area contributed by atoms with Gasteiger partial charge in [-0.25, -0.2) is 9.37 Å². The molecule has 1 heterocycles. The van der Waals surface area contributed by atoms with Crippen molar-refractivity contribution in [1.29, 1.82) is 0 Å². The number of carbonyl (C=O) groups is 2. The maximum Gasteiger partial charge on any atom is 0.270 e. The van der Waals surface area contributed by atoms with Gasteiger partial charge in [0.1, 0.15) is 16.5 Å². The zero-order valence-corrected chi connectivity index (χ0v) is 17.1. The molecule has 0 aliphatic rings. The molecule has 3 rings (SSSR count). The van der Waals surface area contributed by atoms with Crippen LogP contribution in [0.5, 0.6) is 0 Å². The van der Waals surface area contributed by atoms with Crippen LogP contribution in [0.1, 0.15) is 31.4 Å². The van der Waals surface area contributed by atoms with Crippen molar-refractivity contribution < 1.29 is 14.0 Å². The lowest BCUT2D eigenvalue weighted by molar-refractivity contribution is 0.0945. The lowest BCUT2D eigenvalue weighted by Crippen LogP contribution is -2.26. The Hall–Kier alpha value is -2.58. The Balaban J connectivity index is 1.49. The minimum Gasteiger partial charge on any atom is -0.350 e. The van der Waals surface area contributed by atoms with Crippen molar-refractivity contribution in [2.75, 3.05) is 6.54 Å². The number of thiazole rings is 1. The highest BCUT2D eigenvalue weighted by Gasteiger charge is 2.13. The fraction of sp³-hybridized carbons (Fsp3) is 0.150. The van der Waals surface area contributed by atoms with Gasteiger partial charge in [-0.05, 0) is 46.1 Å². The van der Waals surface area contributed by atoms with Crippen molar-refractivity contribution in [3.63, 3.8) is 0 Å². The number of benzene rings is 2. The van der Waals surface area contributed by atoms with Gasteiger partial charge in [0.05, 0.1) is 12.1 Å². The van der Waals surface area contributed by atoms with Gasteiger partial charge in [0, 0.05) is 16.4 Å². The van der Waals surface area contributed by atoms with E-state index in [1.54, 1.807) is 41.8 Å². The minimum atomic E-state index is -0.323. The Labute approximate surface area is 174 Å². The van der Waals surface area contributed by atoms with Crippen LogP contribution in [0, 0.1) is 5.82 Å². The van der Waals surface area contributed by atoms with Gasteiger partial charge in [0.15, 0.2) is 0 Å². The Kier molecular flexibility index (Phi) is 6.89. The first-order valence-corrected chi connectivity index (χ1v) is 10.2. The highest BCUT2D eigenvalue weighted by atomic mass is 79.9. The summed E-state index contributed by atoms with van der Waals surface area (Å²) in [5.74, 6) is -0.831. The van der Waals surface area contributed by atoms with E-state index >= 15 is 0 Å². The molecular weight excluding hydrogens is 445 g/mol. The van der Waals surface area contributed by atoms with E-state index in [4.69, 9.17) is 0 Å². The van der Waals surface area contributed by atoms with Crippen molar-refractivity contribution in [3.05, 3.63) is 86.0 Å². The van der Waals surface area contributed by atoms with Crippen LogP contribution in [0.25, 0.3) is 0 Å². The van der Waals surface area contributed by atoms with Gasteiger partial charge >= 0.3 is 0 Å². The molecule has 0 unspecified atom stereocenters. The van der Waals surface area contributed by atoms with Crippen LogP contribution < -0.4 is 10.6 Å². The zero-order valence-electron chi connectivity index (χ0n) is 14.7. The Morgan fingerprint density at radius 2 is 1.79 bits per heavy atom. The van der Waals surface area contributed by atoms with E-state index in [0.29, 0.717) is 33.6 Å². The molecule has 0 fully saturated rings. The number of rotatable bonds is 7. The van der Waals surface area contributed by atoms with E-state index in [9.17, 15) is 14.0 Å². The van der Waals surface area contributed by atoms with Crippen LogP contribution in [0.4, 0.5) is 4.39 Å². The summed E-state index contributed by atoms with van der Waals surface area (Å²) in [5.41, 5.74) is 1.37. The van der Waals surface area contributed by atoms with Gasteiger partial charge in [-0.2, -0.15) is 0 Å². The number of amides is 2. The molecule has 0 aliphatic heterocycles. The second-order valence-corrected chi connectivity index (χ2v) is 7.68. The third kappa shape index (κ3) is 5.24. The van der Waals surface area contributed by atoms with Gasteiger partial charge in [-0.15, -0.1) is 11.3 Å². The van der Waals surface area contributed by atoms with E-state index in [-0.39, 0.29) is 29.9 Å². The third-order valence-corrected chi connectivity index (χ3v) is 5.48. The maximum atomic E-state index is 13.6. The molecule has 144 valence electrons. The first-order valence-electron chi connectivity index (χ1n) is 8.53. The molecule has 0 atom stereocenters. The molecule has 0 bridgehead atoms. The lowest BCUT2D eigenvalue weighted by atomic mass is 10.1. The predicted molar refractivity (Wildman–Crippen MR) is 110 cm³/mol. The van der Waals surface area contributed by atoms with Crippen LogP contribution in [0.15, 0.2) is 58.4 Å². The largest absolute Gasteiger partial charge is 0.350 e. The first kappa shape index (κ1) is 20.2. The van der Waals surface area contributed by atoms with Gasteiger partial charge < -0.3 is 10.6 Å². The lowest BCUT2D eigenvalue weighted by Gasteiger charge is -2.05. The normalized spacial score (nSPS) is 10.5. The molecule has 8 heteroatoms. The average molecular weight is 462 g/mol. The second kappa shape index (κ2) is 9.57. The second-order valence-electron chi connectivity index (χ2n) is 5.89. The van der Waals surface area contributed by atoms with Crippen LogP contribution >= 0.6 is 27.3 Å². The topological polar surface area (TPSA) is 71.1 Å². The molecule has 0 radical (unpaired) electrons. The first-order chi connectivity index (χ1) is 13.5.